The third-order valence-electron chi connectivity index (χ3n) is 4.43. The van der Waals surface area contributed by atoms with Gasteiger partial charge in [-0.3, -0.25) is 16.1 Å². The predicted molar refractivity (Wildman–Crippen MR) is 118 cm³/mol. The van der Waals surface area contributed by atoms with Crippen LogP contribution in [0.5, 0.6) is 0 Å². The Labute approximate surface area is 167 Å². The summed E-state index contributed by atoms with van der Waals surface area (Å²) in [6.07, 6.45) is 10.2. The Morgan fingerprint density at radius 2 is 1.44 bits per heavy atom. The summed E-state index contributed by atoms with van der Waals surface area (Å²) in [6.45, 7) is 11.1. The molecule has 0 bridgehead atoms. The first-order valence-electron chi connectivity index (χ1n) is 10.7. The molecule has 0 aliphatic heterocycles. The molecule has 0 fully saturated rings. The first-order valence-corrected chi connectivity index (χ1v) is 10.7. The molecule has 0 radical (unpaired) electrons. The molecule has 160 valence electrons. The molecule has 0 saturated carbocycles. The fraction of sp³-hybridized carbons (Fsp3) is 0.900. The van der Waals surface area contributed by atoms with E-state index in [0.29, 0.717) is 6.04 Å². The molecular formula is C20H45N7. The van der Waals surface area contributed by atoms with Crippen molar-refractivity contribution < 1.29 is 0 Å². The molecular weight excluding hydrogens is 338 g/mol. The molecule has 0 amide bonds. The van der Waals surface area contributed by atoms with Crippen LogP contribution in [0.1, 0.15) is 85.5 Å². The highest BCUT2D eigenvalue weighted by Gasteiger charge is 2.18. The molecule has 7 nitrogen and oxygen atoms in total. The summed E-state index contributed by atoms with van der Waals surface area (Å²) in [5.74, 6) is 0.368. The second-order valence-corrected chi connectivity index (χ2v) is 8.29. The number of nitrogens with one attached hydrogen (secondary N) is 6. The first kappa shape index (κ1) is 25.7. The Balaban J connectivity index is 3.71. The monoisotopic (exact) mass is 383 g/mol. The predicted octanol–water partition coefficient (Wildman–Crippen LogP) is 2.87. The van der Waals surface area contributed by atoms with Crippen molar-refractivity contribution in [3.05, 3.63) is 0 Å². The van der Waals surface area contributed by atoms with Crippen molar-refractivity contribution in [2.75, 3.05) is 19.6 Å². The molecule has 0 unspecified atom stereocenters. The first-order chi connectivity index (χ1) is 12.8. The molecule has 0 aliphatic rings. The van der Waals surface area contributed by atoms with Crippen LogP contribution in [0.25, 0.3) is 0 Å². The van der Waals surface area contributed by atoms with Crippen molar-refractivity contribution in [1.29, 1.82) is 10.8 Å². The fourth-order valence-corrected chi connectivity index (χ4v) is 2.87. The van der Waals surface area contributed by atoms with Crippen molar-refractivity contribution in [2.45, 2.75) is 97.1 Å². The van der Waals surface area contributed by atoms with E-state index in [9.17, 15) is 0 Å². The van der Waals surface area contributed by atoms with Crippen molar-refractivity contribution in [2.24, 2.45) is 5.73 Å². The SMILES string of the molecule is CC(C)NCCCCCCNC(=N)NC(=N)NC(C)(C)CCCCCCN. The average molecular weight is 384 g/mol. The number of hydrogen-bond donors (Lipinski definition) is 7. The van der Waals surface area contributed by atoms with Crippen LogP contribution < -0.4 is 27.0 Å². The second kappa shape index (κ2) is 15.7. The summed E-state index contributed by atoms with van der Waals surface area (Å²) in [5, 5.41) is 28.4. The summed E-state index contributed by atoms with van der Waals surface area (Å²) >= 11 is 0. The minimum atomic E-state index is -0.156. The number of nitrogens with two attached hydrogens (primary N) is 1. The Morgan fingerprint density at radius 1 is 0.852 bits per heavy atom. The molecule has 0 spiro atoms. The van der Waals surface area contributed by atoms with Crippen LogP contribution in [-0.2, 0) is 0 Å². The van der Waals surface area contributed by atoms with Gasteiger partial charge in [0.2, 0.25) is 0 Å². The highest BCUT2D eigenvalue weighted by molar-refractivity contribution is 5.95. The molecule has 0 rings (SSSR count). The van der Waals surface area contributed by atoms with Crippen LogP contribution in [0.15, 0.2) is 0 Å². The molecule has 27 heavy (non-hydrogen) atoms. The van der Waals surface area contributed by atoms with Gasteiger partial charge in [-0.05, 0) is 52.6 Å². The fourth-order valence-electron chi connectivity index (χ4n) is 2.87. The Hall–Kier alpha value is -1.34. The van der Waals surface area contributed by atoms with Crippen LogP contribution in [0.2, 0.25) is 0 Å². The minimum Gasteiger partial charge on any atom is -0.356 e. The van der Waals surface area contributed by atoms with E-state index in [1.807, 2.05) is 0 Å². The highest BCUT2D eigenvalue weighted by Crippen LogP contribution is 2.14. The van der Waals surface area contributed by atoms with Crippen LogP contribution in [0, 0.1) is 10.8 Å². The van der Waals surface area contributed by atoms with Crippen molar-refractivity contribution in [1.82, 2.24) is 21.3 Å². The summed E-state index contributed by atoms with van der Waals surface area (Å²) in [4.78, 5) is 0. The molecule has 0 aliphatic carbocycles. The number of rotatable bonds is 15. The van der Waals surface area contributed by atoms with Gasteiger partial charge in [0.15, 0.2) is 11.9 Å². The smallest absolute Gasteiger partial charge is 0.195 e. The minimum absolute atomic E-state index is 0.156. The topological polar surface area (TPSA) is 122 Å². The van der Waals surface area contributed by atoms with Gasteiger partial charge in [0.05, 0.1) is 0 Å². The van der Waals surface area contributed by atoms with Crippen molar-refractivity contribution >= 4 is 11.9 Å². The van der Waals surface area contributed by atoms with E-state index in [0.717, 1.165) is 51.7 Å². The third kappa shape index (κ3) is 17.8. The Morgan fingerprint density at radius 3 is 2.07 bits per heavy atom. The third-order valence-corrected chi connectivity index (χ3v) is 4.43. The molecule has 0 heterocycles. The quantitative estimate of drug-likeness (QED) is 0.133. The standard InChI is InChI=1S/C20H45N7/c1-17(2)24-15-11-7-8-12-16-25-18(22)26-19(23)27-20(3,4)13-9-5-6-10-14-21/h17,24H,5-16,21H2,1-4H3,(H5,22,23,25,26,27). The van der Waals surface area contributed by atoms with E-state index in [-0.39, 0.29) is 17.5 Å². The summed E-state index contributed by atoms with van der Waals surface area (Å²) in [6, 6.07) is 0.559. The lowest BCUT2D eigenvalue weighted by molar-refractivity contribution is 0.398. The summed E-state index contributed by atoms with van der Waals surface area (Å²) in [5.41, 5.74) is 5.36. The van der Waals surface area contributed by atoms with Gasteiger partial charge >= 0.3 is 0 Å². The lowest BCUT2D eigenvalue weighted by Gasteiger charge is -2.28. The van der Waals surface area contributed by atoms with Crippen LogP contribution >= 0.6 is 0 Å². The van der Waals surface area contributed by atoms with Crippen molar-refractivity contribution in [3.8, 4) is 0 Å². The largest absolute Gasteiger partial charge is 0.356 e. The summed E-state index contributed by atoms with van der Waals surface area (Å²) < 4.78 is 0. The molecule has 0 aromatic rings. The lowest BCUT2D eigenvalue weighted by Crippen LogP contribution is -2.52. The zero-order valence-electron chi connectivity index (χ0n) is 18.1. The van der Waals surface area contributed by atoms with Crippen LogP contribution in [0.3, 0.4) is 0 Å². The normalized spacial score (nSPS) is 11.5. The summed E-state index contributed by atoms with van der Waals surface area (Å²) in [7, 11) is 0. The van der Waals surface area contributed by atoms with Gasteiger partial charge in [-0.1, -0.05) is 46.0 Å². The van der Waals surface area contributed by atoms with Crippen molar-refractivity contribution in [3.63, 3.8) is 0 Å². The van der Waals surface area contributed by atoms with Crippen LogP contribution in [0.4, 0.5) is 0 Å². The maximum atomic E-state index is 8.02. The van der Waals surface area contributed by atoms with Crippen LogP contribution in [-0.4, -0.2) is 43.1 Å². The average Bonchev–Trinajstić information content (AvgIpc) is 2.56. The van der Waals surface area contributed by atoms with E-state index in [2.05, 4.69) is 49.0 Å². The number of guanidine groups is 2. The maximum absolute atomic E-state index is 8.02. The van der Waals surface area contributed by atoms with Gasteiger partial charge in [0.25, 0.3) is 0 Å². The van der Waals surface area contributed by atoms with Gasteiger partial charge in [-0.15, -0.1) is 0 Å². The molecule has 7 heteroatoms. The van der Waals surface area contributed by atoms with E-state index in [4.69, 9.17) is 16.6 Å². The van der Waals surface area contributed by atoms with Gasteiger partial charge < -0.3 is 21.7 Å². The van der Waals surface area contributed by atoms with E-state index in [1.165, 1.54) is 25.7 Å². The van der Waals surface area contributed by atoms with Gasteiger partial charge in [-0.2, -0.15) is 0 Å². The molecule has 0 aromatic heterocycles. The molecule has 0 aromatic carbocycles. The molecule has 0 atom stereocenters. The Kier molecular flexibility index (Phi) is 14.9. The number of unbranched alkanes of at least 4 members (excludes halogenated alkanes) is 6. The highest BCUT2D eigenvalue weighted by atomic mass is 15.2. The van der Waals surface area contributed by atoms with E-state index >= 15 is 0 Å². The van der Waals surface area contributed by atoms with Gasteiger partial charge in [-0.25, -0.2) is 0 Å². The lowest BCUT2D eigenvalue weighted by atomic mass is 9.96. The zero-order chi connectivity index (χ0) is 20.5. The van der Waals surface area contributed by atoms with E-state index in [1.54, 1.807) is 0 Å². The number of hydrogen-bond acceptors (Lipinski definition) is 4. The molecule has 8 N–H and O–H groups in total. The second-order valence-electron chi connectivity index (χ2n) is 8.29. The molecule has 0 saturated heterocycles. The van der Waals surface area contributed by atoms with Gasteiger partial charge in [0, 0.05) is 18.1 Å². The van der Waals surface area contributed by atoms with E-state index < -0.39 is 0 Å². The maximum Gasteiger partial charge on any atom is 0.195 e. The van der Waals surface area contributed by atoms with Gasteiger partial charge in [0.1, 0.15) is 0 Å². The Bertz CT molecular complexity index is 394. The zero-order valence-corrected chi connectivity index (χ0v) is 18.1.